The van der Waals surface area contributed by atoms with Crippen LogP contribution >= 0.6 is 0 Å². The Labute approximate surface area is 446 Å². The second-order valence-electron chi connectivity index (χ2n) is 21.6. The first kappa shape index (κ1) is 51.5. The number of aliphatic hydroxyl groups is 2. The number of aryl methyl sites for hydroxylation is 3. The van der Waals surface area contributed by atoms with Gasteiger partial charge < -0.3 is 54.4 Å². The van der Waals surface area contributed by atoms with Gasteiger partial charge in [-0.25, -0.2) is 0 Å². The predicted octanol–water partition coefficient (Wildman–Crippen LogP) is 9.69. The van der Waals surface area contributed by atoms with Crippen molar-refractivity contribution < 1.29 is 44.5 Å². The van der Waals surface area contributed by atoms with E-state index in [-0.39, 0.29) is 67.4 Å². The molecule has 76 heavy (non-hydrogen) atoms. The number of aliphatic hydroxyl groups excluding tert-OH is 2. The average molecular weight is 1030 g/mol. The number of aromatic hydroxyl groups is 3. The third-order valence-corrected chi connectivity index (χ3v) is 16.5. The van der Waals surface area contributed by atoms with E-state index in [4.69, 9.17) is 18.9 Å². The third kappa shape index (κ3) is 11.4. The van der Waals surface area contributed by atoms with Gasteiger partial charge in [0, 0.05) is 65.3 Å². The van der Waals surface area contributed by atoms with Gasteiger partial charge in [-0.2, -0.15) is 0 Å². The molecule has 12 nitrogen and oxygen atoms in total. The molecule has 6 bridgehead atoms. The molecule has 1 fully saturated rings. The highest BCUT2D eigenvalue weighted by Gasteiger charge is 2.47. The van der Waals surface area contributed by atoms with Crippen LogP contribution in [0, 0.1) is 23.7 Å². The Balaban J connectivity index is 1.01. The SMILES string of the molecule is OCCCOCNC1C=C2C#C[C@H](CCc3ccc(O)c(Cc4cccc(O)c4)c3)CCC[C@H]3C[C@H](O)CCc4ccc(O)c(c4)OCc4cc([C@@]56CCOC[C@H]5CCc5ccccc56)cc5cn(cc45)C(=C2CO3)N1. The quantitative estimate of drug-likeness (QED) is 0.0355. The summed E-state index contributed by atoms with van der Waals surface area (Å²) in [5.41, 5.74) is 10.3. The van der Waals surface area contributed by atoms with Crippen molar-refractivity contribution in [1.29, 1.82) is 0 Å². The van der Waals surface area contributed by atoms with Crippen molar-refractivity contribution in [1.82, 2.24) is 15.2 Å². The molecule has 6 aromatic rings. The van der Waals surface area contributed by atoms with Crippen LogP contribution in [0.5, 0.6) is 23.0 Å². The standard InChI is InChI=1S/C64H71N3O9/c68-25-5-26-74-41-65-62-34-47-18-14-42(12-13-43-16-22-59(71)48(28-43)29-45-7-3-9-53(69)30-45)6-4-10-55-35-54(70)21-15-44-17-23-60(72)61(31-44)76-38-50-33-52(32-49-36-67(37-56(49)50)63(66-62)57(47)40-75-55)64-24-27-73-39-51(64)20-19-46-8-1-2-11-58(46)64/h1-3,7-9,11,16-17,22-23,28,30-34,36-37,42,51,54-55,62,65-66,68-72H,4-6,10,12-13,15,19-21,24-27,29,35,38-41H2/t42-,51+,54+,55-,62?,64+/m0/s1. The zero-order valence-electron chi connectivity index (χ0n) is 43.3. The van der Waals surface area contributed by atoms with Gasteiger partial charge in [0.05, 0.1) is 38.8 Å². The summed E-state index contributed by atoms with van der Waals surface area (Å²) in [6.07, 6.45) is 14.8. The van der Waals surface area contributed by atoms with Gasteiger partial charge in [0.25, 0.3) is 0 Å². The highest BCUT2D eigenvalue weighted by atomic mass is 16.5. The maximum atomic E-state index is 11.7. The molecule has 11 rings (SSSR count). The van der Waals surface area contributed by atoms with E-state index in [0.717, 1.165) is 107 Å². The van der Waals surface area contributed by atoms with Crippen LogP contribution in [0.25, 0.3) is 16.6 Å². The zero-order valence-corrected chi connectivity index (χ0v) is 43.3. The number of phenolic OH excluding ortho intramolecular Hbond substituents is 3. The molecule has 1 unspecified atom stereocenters. The highest BCUT2D eigenvalue weighted by molar-refractivity contribution is 5.88. The number of dihydropyridines is 1. The second-order valence-corrected chi connectivity index (χ2v) is 21.6. The van der Waals surface area contributed by atoms with Crippen LogP contribution in [0.1, 0.15) is 102 Å². The lowest BCUT2D eigenvalue weighted by Crippen LogP contribution is -2.47. The van der Waals surface area contributed by atoms with Crippen LogP contribution in [0.4, 0.5) is 0 Å². The van der Waals surface area contributed by atoms with E-state index < -0.39 is 6.10 Å². The van der Waals surface area contributed by atoms with E-state index in [9.17, 15) is 25.5 Å². The molecule has 1 aliphatic carbocycles. The van der Waals surface area contributed by atoms with Crippen molar-refractivity contribution >= 4 is 16.6 Å². The molecule has 5 heterocycles. The van der Waals surface area contributed by atoms with E-state index in [0.29, 0.717) is 63.6 Å². The van der Waals surface area contributed by atoms with Gasteiger partial charge in [-0.15, -0.1) is 0 Å². The summed E-state index contributed by atoms with van der Waals surface area (Å²) in [6.45, 7) is 2.56. The lowest BCUT2D eigenvalue weighted by atomic mass is 9.57. The Kier molecular flexibility index (Phi) is 15.8. The lowest BCUT2D eigenvalue weighted by molar-refractivity contribution is 0.00498. The minimum absolute atomic E-state index is 0.0412. The van der Waals surface area contributed by atoms with Crippen molar-refractivity contribution in [2.24, 2.45) is 11.8 Å². The highest BCUT2D eigenvalue weighted by Crippen LogP contribution is 2.52. The Bertz CT molecular complexity index is 3170. The summed E-state index contributed by atoms with van der Waals surface area (Å²) in [4.78, 5) is 0. The number of benzene rings is 5. The van der Waals surface area contributed by atoms with Gasteiger partial charge in [-0.05, 0) is 170 Å². The van der Waals surface area contributed by atoms with E-state index in [1.807, 2.05) is 30.3 Å². The summed E-state index contributed by atoms with van der Waals surface area (Å²) >= 11 is 0. The molecule has 0 spiro atoms. The average Bonchev–Trinajstić information content (AvgIpc) is 4.04. The minimum atomic E-state index is -0.629. The molecule has 396 valence electrons. The van der Waals surface area contributed by atoms with E-state index in [1.54, 1.807) is 24.3 Å². The molecular formula is C64H71N3O9. The maximum absolute atomic E-state index is 11.7. The molecule has 6 atom stereocenters. The molecule has 4 aliphatic heterocycles. The Hall–Kier alpha value is -6.56. The fourth-order valence-corrected chi connectivity index (χ4v) is 12.5. The van der Waals surface area contributed by atoms with Gasteiger partial charge in [-0.3, -0.25) is 5.32 Å². The second kappa shape index (κ2) is 23.4. The molecule has 0 amide bonds. The first-order valence-electron chi connectivity index (χ1n) is 27.5. The minimum Gasteiger partial charge on any atom is -0.508 e. The number of nitrogens with zero attached hydrogens (tertiary/aromatic N) is 1. The molecule has 0 saturated carbocycles. The Morgan fingerprint density at radius 3 is 2.67 bits per heavy atom. The number of phenols is 3. The first-order chi connectivity index (χ1) is 37.2. The van der Waals surface area contributed by atoms with E-state index in [2.05, 4.69) is 88.0 Å². The molecular weight excluding hydrogens is 955 g/mol. The zero-order chi connectivity index (χ0) is 52.0. The summed E-state index contributed by atoms with van der Waals surface area (Å²) in [7, 11) is 0. The van der Waals surface area contributed by atoms with Gasteiger partial charge in [0.2, 0.25) is 0 Å². The largest absolute Gasteiger partial charge is 0.508 e. The fourth-order valence-electron chi connectivity index (χ4n) is 12.5. The van der Waals surface area contributed by atoms with Crippen molar-refractivity contribution in [3.8, 4) is 34.8 Å². The monoisotopic (exact) mass is 1030 g/mol. The molecule has 0 radical (unpaired) electrons. The molecule has 12 heteroatoms. The first-order valence-corrected chi connectivity index (χ1v) is 27.5. The number of rotatable bonds is 12. The summed E-state index contributed by atoms with van der Waals surface area (Å²) in [5, 5.41) is 62.9. The summed E-state index contributed by atoms with van der Waals surface area (Å²) < 4.78 is 28.0. The van der Waals surface area contributed by atoms with Crippen LogP contribution < -0.4 is 15.4 Å². The molecule has 1 saturated heterocycles. The smallest absolute Gasteiger partial charge is 0.161 e. The summed E-state index contributed by atoms with van der Waals surface area (Å²) in [6, 6.07) is 32.2. The molecule has 1 aromatic heterocycles. The van der Waals surface area contributed by atoms with Crippen molar-refractivity contribution in [2.45, 2.75) is 114 Å². The van der Waals surface area contributed by atoms with E-state index in [1.165, 1.54) is 16.7 Å². The van der Waals surface area contributed by atoms with Gasteiger partial charge in [0.15, 0.2) is 11.5 Å². The molecule has 5 aliphatic rings. The van der Waals surface area contributed by atoms with Crippen LogP contribution in [0.2, 0.25) is 0 Å². The van der Waals surface area contributed by atoms with Crippen molar-refractivity contribution in [2.75, 3.05) is 39.8 Å². The molecule has 7 N–H and O–H groups in total. The van der Waals surface area contributed by atoms with Crippen molar-refractivity contribution in [3.05, 3.63) is 171 Å². The van der Waals surface area contributed by atoms with Gasteiger partial charge in [0.1, 0.15) is 30.1 Å². The normalized spacial score (nSPS) is 23.7. The van der Waals surface area contributed by atoms with Crippen LogP contribution in [0.15, 0.2) is 127 Å². The number of ether oxygens (including phenoxy) is 4. The van der Waals surface area contributed by atoms with Gasteiger partial charge in [-0.1, -0.05) is 72.5 Å². The van der Waals surface area contributed by atoms with E-state index >= 15 is 0 Å². The van der Waals surface area contributed by atoms with Crippen molar-refractivity contribution in [3.63, 3.8) is 0 Å². The Morgan fingerprint density at radius 2 is 1.76 bits per heavy atom. The third-order valence-electron chi connectivity index (χ3n) is 16.5. The summed E-state index contributed by atoms with van der Waals surface area (Å²) in [5.74, 6) is 9.53. The number of aromatic nitrogens is 1. The number of hydrogen-bond acceptors (Lipinski definition) is 11. The number of fused-ring (bicyclic) bond motifs is 9. The fraction of sp³-hybridized carbons (Fsp3) is 0.406. The topological polar surface area (TPSA) is 167 Å². The maximum Gasteiger partial charge on any atom is 0.161 e. The van der Waals surface area contributed by atoms with Gasteiger partial charge >= 0.3 is 0 Å². The van der Waals surface area contributed by atoms with Crippen LogP contribution in [-0.4, -0.2) is 88.2 Å². The predicted molar refractivity (Wildman–Crippen MR) is 294 cm³/mol. The lowest BCUT2D eigenvalue weighted by Gasteiger charge is -2.49. The van der Waals surface area contributed by atoms with Crippen LogP contribution in [0.3, 0.4) is 0 Å². The van der Waals surface area contributed by atoms with Crippen LogP contribution in [-0.2, 0) is 51.9 Å². The number of nitrogens with one attached hydrogen (secondary N) is 2. The number of hydrogen-bond donors (Lipinski definition) is 7. The Morgan fingerprint density at radius 1 is 0.855 bits per heavy atom. The molecule has 5 aromatic carbocycles.